The Morgan fingerprint density at radius 1 is 1.06 bits per heavy atom. The molecule has 0 spiro atoms. The van der Waals surface area contributed by atoms with Crippen molar-refractivity contribution in [1.29, 1.82) is 0 Å². The summed E-state index contributed by atoms with van der Waals surface area (Å²) in [5, 5.41) is 0. The van der Waals surface area contributed by atoms with E-state index < -0.39 is 0 Å². The summed E-state index contributed by atoms with van der Waals surface area (Å²) in [6, 6.07) is 0. The standard InChI is InChI=1S/C13H24O3/c1-3-5-6-7-8-9-10-12-15-16-13(14)11-4-2/h8-9H,3-7,10-12H2,1-2H3/b9-8-. The van der Waals surface area contributed by atoms with Gasteiger partial charge in [-0.25, -0.2) is 4.79 Å². The molecule has 0 saturated heterocycles. The summed E-state index contributed by atoms with van der Waals surface area (Å²) in [6.45, 7) is 4.57. The van der Waals surface area contributed by atoms with Crippen LogP contribution in [0.5, 0.6) is 0 Å². The molecule has 0 aromatic carbocycles. The van der Waals surface area contributed by atoms with E-state index in [-0.39, 0.29) is 5.97 Å². The van der Waals surface area contributed by atoms with Crippen molar-refractivity contribution in [2.24, 2.45) is 0 Å². The summed E-state index contributed by atoms with van der Waals surface area (Å²) in [4.78, 5) is 20.2. The van der Waals surface area contributed by atoms with Crippen molar-refractivity contribution in [3.05, 3.63) is 12.2 Å². The van der Waals surface area contributed by atoms with Crippen LogP contribution >= 0.6 is 0 Å². The van der Waals surface area contributed by atoms with E-state index in [2.05, 4.69) is 24.0 Å². The molecular formula is C13H24O3. The minimum Gasteiger partial charge on any atom is -0.298 e. The Labute approximate surface area is 98.7 Å². The highest BCUT2D eigenvalue weighted by Crippen LogP contribution is 2.00. The average Bonchev–Trinajstić information content (AvgIpc) is 2.27. The van der Waals surface area contributed by atoms with Gasteiger partial charge in [0.1, 0.15) is 0 Å². The number of unbranched alkanes of at least 4 members (excludes halogenated alkanes) is 3. The molecule has 3 heteroatoms. The monoisotopic (exact) mass is 228 g/mol. The fourth-order valence-corrected chi connectivity index (χ4v) is 1.22. The summed E-state index contributed by atoms with van der Waals surface area (Å²) in [5.74, 6) is -0.283. The molecule has 0 rings (SSSR count). The lowest BCUT2D eigenvalue weighted by atomic mass is 10.2. The fraction of sp³-hybridized carbons (Fsp3) is 0.769. The molecule has 0 unspecified atom stereocenters. The molecule has 16 heavy (non-hydrogen) atoms. The molecular weight excluding hydrogens is 204 g/mol. The second kappa shape index (κ2) is 12.2. The molecule has 0 radical (unpaired) electrons. The van der Waals surface area contributed by atoms with Crippen LogP contribution in [0, 0.1) is 0 Å². The van der Waals surface area contributed by atoms with Gasteiger partial charge in [-0.15, -0.1) is 0 Å². The van der Waals surface area contributed by atoms with Crippen molar-refractivity contribution < 1.29 is 14.6 Å². The van der Waals surface area contributed by atoms with Gasteiger partial charge in [0.2, 0.25) is 0 Å². The van der Waals surface area contributed by atoms with Gasteiger partial charge in [-0.05, 0) is 25.7 Å². The van der Waals surface area contributed by atoms with Gasteiger partial charge in [0.15, 0.2) is 0 Å². The second-order valence-electron chi connectivity index (χ2n) is 3.78. The van der Waals surface area contributed by atoms with E-state index in [1.807, 2.05) is 6.92 Å². The highest BCUT2D eigenvalue weighted by molar-refractivity contribution is 5.68. The Hall–Kier alpha value is -0.830. The zero-order valence-corrected chi connectivity index (χ0v) is 10.5. The molecule has 0 aliphatic carbocycles. The molecule has 94 valence electrons. The predicted octanol–water partition coefficient (Wildman–Crippen LogP) is 3.79. The van der Waals surface area contributed by atoms with Gasteiger partial charge in [-0.2, -0.15) is 4.89 Å². The molecule has 0 aromatic rings. The van der Waals surface area contributed by atoms with Crippen LogP contribution in [-0.2, 0) is 14.6 Å². The van der Waals surface area contributed by atoms with Crippen molar-refractivity contribution in [1.82, 2.24) is 0 Å². The minimum atomic E-state index is -0.283. The third kappa shape index (κ3) is 11.2. The van der Waals surface area contributed by atoms with Crippen molar-refractivity contribution in [3.8, 4) is 0 Å². The number of rotatable bonds is 10. The molecule has 0 bridgehead atoms. The van der Waals surface area contributed by atoms with Crippen molar-refractivity contribution in [2.75, 3.05) is 6.61 Å². The molecule has 0 amide bonds. The normalized spacial score (nSPS) is 10.9. The van der Waals surface area contributed by atoms with Crippen molar-refractivity contribution in [2.45, 2.75) is 58.8 Å². The highest BCUT2D eigenvalue weighted by atomic mass is 17.2. The molecule has 0 fully saturated rings. The maximum Gasteiger partial charge on any atom is 0.342 e. The van der Waals surface area contributed by atoms with Crippen LogP contribution in [-0.4, -0.2) is 12.6 Å². The number of hydrogen-bond donors (Lipinski definition) is 0. The summed E-state index contributed by atoms with van der Waals surface area (Å²) in [7, 11) is 0. The Morgan fingerprint density at radius 2 is 1.81 bits per heavy atom. The first-order chi connectivity index (χ1) is 7.81. The van der Waals surface area contributed by atoms with E-state index in [1.54, 1.807) is 0 Å². The quantitative estimate of drug-likeness (QED) is 0.247. The second-order valence-corrected chi connectivity index (χ2v) is 3.78. The molecule has 3 nitrogen and oxygen atoms in total. The van der Waals surface area contributed by atoms with Crippen LogP contribution in [0.3, 0.4) is 0 Å². The number of carbonyl (C=O) groups is 1. The highest BCUT2D eigenvalue weighted by Gasteiger charge is 2.00. The third-order valence-corrected chi connectivity index (χ3v) is 2.11. The van der Waals surface area contributed by atoms with E-state index in [1.165, 1.54) is 19.3 Å². The smallest absolute Gasteiger partial charge is 0.298 e. The van der Waals surface area contributed by atoms with Gasteiger partial charge < -0.3 is 0 Å². The molecule has 0 heterocycles. The maximum absolute atomic E-state index is 10.9. The summed E-state index contributed by atoms with van der Waals surface area (Å²) in [6.07, 6.45) is 11.2. The zero-order chi connectivity index (χ0) is 12.1. The summed E-state index contributed by atoms with van der Waals surface area (Å²) < 4.78 is 0. The maximum atomic E-state index is 10.9. The van der Waals surface area contributed by atoms with Crippen LogP contribution in [0.25, 0.3) is 0 Å². The Kier molecular flexibility index (Phi) is 11.6. The van der Waals surface area contributed by atoms with Crippen LogP contribution < -0.4 is 0 Å². The number of carbonyl (C=O) groups excluding carboxylic acids is 1. The molecule has 0 aliphatic heterocycles. The van der Waals surface area contributed by atoms with Crippen LogP contribution in [0.1, 0.15) is 58.8 Å². The van der Waals surface area contributed by atoms with Gasteiger partial charge in [-0.3, -0.25) is 4.89 Å². The number of allylic oxidation sites excluding steroid dienone is 1. The van der Waals surface area contributed by atoms with Crippen molar-refractivity contribution >= 4 is 5.97 Å². The summed E-state index contributed by atoms with van der Waals surface area (Å²) >= 11 is 0. The van der Waals surface area contributed by atoms with Crippen molar-refractivity contribution in [3.63, 3.8) is 0 Å². The number of hydrogen-bond acceptors (Lipinski definition) is 3. The lowest BCUT2D eigenvalue weighted by molar-refractivity contribution is -0.271. The van der Waals surface area contributed by atoms with Crippen LogP contribution in [0.2, 0.25) is 0 Å². The zero-order valence-electron chi connectivity index (χ0n) is 10.5. The van der Waals surface area contributed by atoms with Gasteiger partial charge in [0.25, 0.3) is 0 Å². The largest absolute Gasteiger partial charge is 0.342 e. The lowest BCUT2D eigenvalue weighted by Gasteiger charge is -2.00. The van der Waals surface area contributed by atoms with E-state index in [0.29, 0.717) is 13.0 Å². The molecule has 0 N–H and O–H groups in total. The van der Waals surface area contributed by atoms with Crippen LogP contribution in [0.15, 0.2) is 12.2 Å². The summed E-state index contributed by atoms with van der Waals surface area (Å²) in [5.41, 5.74) is 0. The van der Waals surface area contributed by atoms with Gasteiger partial charge in [-0.1, -0.05) is 38.8 Å². The SMILES string of the molecule is CCCCC/C=C\CCOOC(=O)CCC. The Balaban J connectivity index is 3.17. The fourth-order valence-electron chi connectivity index (χ4n) is 1.22. The third-order valence-electron chi connectivity index (χ3n) is 2.11. The van der Waals surface area contributed by atoms with E-state index >= 15 is 0 Å². The Morgan fingerprint density at radius 3 is 2.50 bits per heavy atom. The van der Waals surface area contributed by atoms with E-state index in [4.69, 9.17) is 4.89 Å². The molecule has 0 atom stereocenters. The van der Waals surface area contributed by atoms with Gasteiger partial charge in [0, 0.05) is 6.42 Å². The van der Waals surface area contributed by atoms with Gasteiger partial charge in [0.05, 0.1) is 6.61 Å². The molecule has 0 aromatic heterocycles. The van der Waals surface area contributed by atoms with Gasteiger partial charge >= 0.3 is 5.97 Å². The average molecular weight is 228 g/mol. The topological polar surface area (TPSA) is 35.5 Å². The molecule has 0 saturated carbocycles. The minimum absolute atomic E-state index is 0.283. The van der Waals surface area contributed by atoms with Crippen LogP contribution in [0.4, 0.5) is 0 Å². The van der Waals surface area contributed by atoms with E-state index in [0.717, 1.165) is 19.3 Å². The first-order valence-corrected chi connectivity index (χ1v) is 6.28. The lowest BCUT2D eigenvalue weighted by Crippen LogP contribution is -2.05. The first kappa shape index (κ1) is 15.2. The molecule has 0 aliphatic rings. The van der Waals surface area contributed by atoms with E-state index in [9.17, 15) is 4.79 Å². The Bertz CT molecular complexity index is 188. The first-order valence-electron chi connectivity index (χ1n) is 6.28. The predicted molar refractivity (Wildman–Crippen MR) is 64.9 cm³/mol.